The van der Waals surface area contributed by atoms with E-state index in [1.54, 1.807) is 17.0 Å². The van der Waals surface area contributed by atoms with Crippen molar-refractivity contribution in [3.63, 3.8) is 0 Å². The lowest BCUT2D eigenvalue weighted by Crippen LogP contribution is -2.39. The predicted octanol–water partition coefficient (Wildman–Crippen LogP) is 4.41. The van der Waals surface area contributed by atoms with Crippen molar-refractivity contribution in [3.05, 3.63) is 71.1 Å². The summed E-state index contributed by atoms with van der Waals surface area (Å²) < 4.78 is 30.0. The number of halogens is 2. The second kappa shape index (κ2) is 10.1. The first-order valence-corrected chi connectivity index (χ1v) is 11.2. The molecule has 1 aromatic carbocycles. The zero-order valence-corrected chi connectivity index (χ0v) is 18.5. The number of benzene rings is 1. The van der Waals surface area contributed by atoms with Crippen LogP contribution in [0.3, 0.4) is 0 Å². The Hall–Kier alpha value is -3.29. The quantitative estimate of drug-likeness (QED) is 0.627. The first kappa shape index (κ1) is 22.9. The molecule has 0 saturated carbocycles. The van der Waals surface area contributed by atoms with E-state index >= 15 is 0 Å². The maximum atomic E-state index is 13.2. The number of carbonyl (C=O) groups is 2. The van der Waals surface area contributed by atoms with Crippen LogP contribution >= 0.6 is 0 Å². The van der Waals surface area contributed by atoms with Gasteiger partial charge in [0.1, 0.15) is 5.75 Å². The SMILES string of the molecule is Cc1ccc(C(=O)N2CC=CCC2)c(C2CCN(C(=O)c3ccccc3OC(F)F)CC2)n1. The number of hydrogen-bond donors (Lipinski definition) is 0. The van der Waals surface area contributed by atoms with E-state index in [9.17, 15) is 18.4 Å². The van der Waals surface area contributed by atoms with Crippen molar-refractivity contribution in [1.29, 1.82) is 0 Å². The Balaban J connectivity index is 1.48. The largest absolute Gasteiger partial charge is 0.434 e. The second-order valence-electron chi connectivity index (χ2n) is 8.34. The van der Waals surface area contributed by atoms with E-state index in [0.717, 1.165) is 17.8 Å². The second-order valence-corrected chi connectivity index (χ2v) is 8.34. The van der Waals surface area contributed by atoms with Crippen LogP contribution in [0.25, 0.3) is 0 Å². The van der Waals surface area contributed by atoms with Gasteiger partial charge in [0.05, 0.1) is 16.8 Å². The molecule has 2 aromatic rings. The Morgan fingerprint density at radius 2 is 1.70 bits per heavy atom. The van der Waals surface area contributed by atoms with E-state index < -0.39 is 6.61 Å². The summed E-state index contributed by atoms with van der Waals surface area (Å²) in [6, 6.07) is 9.76. The average Bonchev–Trinajstić information content (AvgIpc) is 2.84. The van der Waals surface area contributed by atoms with Gasteiger partial charge < -0.3 is 14.5 Å². The zero-order chi connectivity index (χ0) is 23.4. The van der Waals surface area contributed by atoms with Crippen LogP contribution in [-0.2, 0) is 0 Å². The molecule has 1 saturated heterocycles. The van der Waals surface area contributed by atoms with E-state index in [1.807, 2.05) is 30.0 Å². The number of amides is 2. The molecule has 0 radical (unpaired) electrons. The number of alkyl halides is 2. The van der Waals surface area contributed by atoms with Crippen molar-refractivity contribution in [2.45, 2.75) is 38.7 Å². The van der Waals surface area contributed by atoms with Gasteiger partial charge in [-0.1, -0.05) is 24.3 Å². The van der Waals surface area contributed by atoms with Gasteiger partial charge in [0, 0.05) is 37.8 Å². The Labute approximate surface area is 191 Å². The molecule has 2 aliphatic heterocycles. The fourth-order valence-corrected chi connectivity index (χ4v) is 4.43. The fraction of sp³-hybridized carbons (Fsp3) is 0.400. The van der Waals surface area contributed by atoms with Crippen molar-refractivity contribution >= 4 is 11.8 Å². The van der Waals surface area contributed by atoms with Crippen molar-refractivity contribution in [2.24, 2.45) is 0 Å². The maximum absolute atomic E-state index is 13.2. The molecule has 174 valence electrons. The van der Waals surface area contributed by atoms with Gasteiger partial charge in [-0.2, -0.15) is 8.78 Å². The monoisotopic (exact) mass is 455 g/mol. The van der Waals surface area contributed by atoms with Gasteiger partial charge in [0.25, 0.3) is 11.8 Å². The van der Waals surface area contributed by atoms with Crippen molar-refractivity contribution < 1.29 is 23.1 Å². The van der Waals surface area contributed by atoms with Crippen LogP contribution in [0, 0.1) is 6.92 Å². The predicted molar refractivity (Wildman–Crippen MR) is 120 cm³/mol. The number of rotatable bonds is 5. The first-order valence-electron chi connectivity index (χ1n) is 11.2. The standard InChI is InChI=1S/C25H27F2N3O3/c1-17-9-10-20(24(32)29-13-5-2-6-14-29)22(28-17)18-11-15-30(16-12-18)23(31)19-7-3-4-8-21(19)33-25(26)27/h2-5,7-10,18,25H,6,11-16H2,1H3. The molecule has 33 heavy (non-hydrogen) atoms. The van der Waals surface area contributed by atoms with Crippen LogP contribution in [0.1, 0.15) is 57.3 Å². The summed E-state index contributed by atoms with van der Waals surface area (Å²) in [4.78, 5) is 34.4. The molecular formula is C25H27F2N3O3. The van der Waals surface area contributed by atoms with Gasteiger partial charge in [0.15, 0.2) is 0 Å². The highest BCUT2D eigenvalue weighted by Crippen LogP contribution is 2.32. The molecule has 0 N–H and O–H groups in total. The van der Waals surface area contributed by atoms with E-state index in [1.165, 1.54) is 12.1 Å². The summed E-state index contributed by atoms with van der Waals surface area (Å²) in [7, 11) is 0. The van der Waals surface area contributed by atoms with Crippen LogP contribution in [0.15, 0.2) is 48.6 Å². The Kier molecular flexibility index (Phi) is 7.01. The van der Waals surface area contributed by atoms with Crippen molar-refractivity contribution in [2.75, 3.05) is 26.2 Å². The van der Waals surface area contributed by atoms with Crippen molar-refractivity contribution in [1.82, 2.24) is 14.8 Å². The smallest absolute Gasteiger partial charge is 0.387 e. The summed E-state index contributed by atoms with van der Waals surface area (Å²) in [5, 5.41) is 0. The highest BCUT2D eigenvalue weighted by molar-refractivity contribution is 5.97. The lowest BCUT2D eigenvalue weighted by Gasteiger charge is -2.33. The van der Waals surface area contributed by atoms with Crippen LogP contribution in [0.4, 0.5) is 8.78 Å². The van der Waals surface area contributed by atoms with Crippen LogP contribution < -0.4 is 4.74 Å². The third kappa shape index (κ3) is 5.21. The molecule has 8 heteroatoms. The molecule has 4 rings (SSSR count). The minimum atomic E-state index is -3.00. The molecule has 2 amide bonds. The van der Waals surface area contributed by atoms with Crippen LogP contribution in [0.2, 0.25) is 0 Å². The Morgan fingerprint density at radius 1 is 0.970 bits per heavy atom. The topological polar surface area (TPSA) is 62.7 Å². The molecule has 0 bridgehead atoms. The summed E-state index contributed by atoms with van der Waals surface area (Å²) in [5.74, 6) is -0.430. The van der Waals surface area contributed by atoms with Gasteiger partial charge in [0.2, 0.25) is 0 Å². The summed E-state index contributed by atoms with van der Waals surface area (Å²) in [6.07, 6.45) is 6.20. The summed E-state index contributed by atoms with van der Waals surface area (Å²) in [6.45, 7) is 1.09. The number of ether oxygens (including phenoxy) is 1. The molecule has 1 aromatic heterocycles. The Morgan fingerprint density at radius 3 is 2.39 bits per heavy atom. The fourth-order valence-electron chi connectivity index (χ4n) is 4.43. The third-order valence-corrected chi connectivity index (χ3v) is 6.14. The maximum Gasteiger partial charge on any atom is 0.387 e. The van der Waals surface area contributed by atoms with E-state index in [4.69, 9.17) is 4.98 Å². The molecule has 1 fully saturated rings. The molecule has 0 unspecified atom stereocenters. The molecule has 0 aliphatic carbocycles. The number of hydrogen-bond acceptors (Lipinski definition) is 4. The summed E-state index contributed by atoms with van der Waals surface area (Å²) >= 11 is 0. The lowest BCUT2D eigenvalue weighted by molar-refractivity contribution is -0.0503. The molecule has 0 spiro atoms. The number of likely N-dealkylation sites (tertiary alicyclic amines) is 1. The average molecular weight is 456 g/mol. The van der Waals surface area contributed by atoms with Gasteiger partial charge >= 0.3 is 6.61 Å². The van der Waals surface area contributed by atoms with Gasteiger partial charge in [-0.3, -0.25) is 14.6 Å². The van der Waals surface area contributed by atoms with Gasteiger partial charge in [-0.15, -0.1) is 0 Å². The molecule has 0 atom stereocenters. The van der Waals surface area contributed by atoms with Gasteiger partial charge in [-0.25, -0.2) is 0 Å². The minimum Gasteiger partial charge on any atom is -0.434 e. The molecular weight excluding hydrogens is 428 g/mol. The highest BCUT2D eigenvalue weighted by atomic mass is 19.3. The van der Waals surface area contributed by atoms with Crippen LogP contribution in [-0.4, -0.2) is 59.4 Å². The molecule has 3 heterocycles. The number of piperidine rings is 1. The number of aryl methyl sites for hydroxylation is 1. The number of nitrogens with zero attached hydrogens (tertiary/aromatic N) is 3. The van der Waals surface area contributed by atoms with E-state index in [-0.39, 0.29) is 29.0 Å². The number of para-hydroxylation sites is 1. The molecule has 2 aliphatic rings. The van der Waals surface area contributed by atoms with E-state index in [2.05, 4.69) is 10.8 Å². The number of pyridine rings is 1. The minimum absolute atomic E-state index is 0.0153. The number of carbonyl (C=O) groups excluding carboxylic acids is 2. The normalized spacial score (nSPS) is 16.8. The van der Waals surface area contributed by atoms with Gasteiger partial charge in [-0.05, 0) is 50.5 Å². The van der Waals surface area contributed by atoms with Crippen LogP contribution in [0.5, 0.6) is 5.75 Å². The highest BCUT2D eigenvalue weighted by Gasteiger charge is 2.30. The van der Waals surface area contributed by atoms with Crippen molar-refractivity contribution in [3.8, 4) is 5.75 Å². The number of aromatic nitrogens is 1. The molecule has 6 nitrogen and oxygen atoms in total. The van der Waals surface area contributed by atoms with E-state index in [0.29, 0.717) is 44.6 Å². The zero-order valence-electron chi connectivity index (χ0n) is 18.5. The third-order valence-electron chi connectivity index (χ3n) is 6.14. The first-order chi connectivity index (χ1) is 15.9. The lowest BCUT2D eigenvalue weighted by atomic mass is 9.89. The summed E-state index contributed by atoms with van der Waals surface area (Å²) in [5.41, 5.74) is 2.37. The Bertz CT molecular complexity index is 1050.